The number of hydrogen-bond donors (Lipinski definition) is 0. The predicted octanol–water partition coefficient (Wildman–Crippen LogP) is 1.61. The van der Waals surface area contributed by atoms with E-state index in [1.807, 2.05) is 17.6 Å². The van der Waals surface area contributed by atoms with Gasteiger partial charge in [0.2, 0.25) is 0 Å². The van der Waals surface area contributed by atoms with E-state index in [0.29, 0.717) is 12.6 Å². The van der Waals surface area contributed by atoms with Crippen LogP contribution < -0.4 is 10.3 Å². The number of aryl methyl sites for hydroxylation is 1. The fourth-order valence-corrected chi connectivity index (χ4v) is 1.23. The fourth-order valence-electron chi connectivity index (χ4n) is 1.23. The van der Waals surface area contributed by atoms with Gasteiger partial charge in [-0.05, 0) is 19.8 Å². The van der Waals surface area contributed by atoms with Crippen molar-refractivity contribution in [1.82, 2.24) is 9.55 Å². The molecule has 0 spiro atoms. The van der Waals surface area contributed by atoms with Gasteiger partial charge in [-0.1, -0.05) is 6.08 Å². The van der Waals surface area contributed by atoms with Gasteiger partial charge in [-0.2, -0.15) is 4.98 Å². The lowest BCUT2D eigenvalue weighted by Crippen LogP contribution is -2.14. The van der Waals surface area contributed by atoms with Crippen LogP contribution >= 0.6 is 0 Å². The van der Waals surface area contributed by atoms with Crippen LogP contribution in [0.1, 0.15) is 19.8 Å². The molecular formula is C11H16N2O2. The zero-order valence-electron chi connectivity index (χ0n) is 8.98. The van der Waals surface area contributed by atoms with Crippen LogP contribution in [0.5, 0.6) is 6.01 Å². The average Bonchev–Trinajstić information content (AvgIpc) is 2.22. The molecule has 1 aromatic heterocycles. The zero-order chi connectivity index (χ0) is 11.1. The van der Waals surface area contributed by atoms with Crippen molar-refractivity contribution in [2.24, 2.45) is 0 Å². The predicted molar refractivity (Wildman–Crippen MR) is 59.1 cm³/mol. The van der Waals surface area contributed by atoms with Crippen molar-refractivity contribution in [1.29, 1.82) is 0 Å². The largest absolute Gasteiger partial charge is 0.465 e. The molecule has 1 aromatic rings. The smallest absolute Gasteiger partial charge is 0.299 e. The van der Waals surface area contributed by atoms with Crippen LogP contribution in [0.4, 0.5) is 0 Å². The number of allylic oxidation sites excluding steroid dienone is 1. The van der Waals surface area contributed by atoms with E-state index < -0.39 is 0 Å². The first-order valence-corrected chi connectivity index (χ1v) is 5.09. The molecule has 0 aliphatic carbocycles. The third kappa shape index (κ3) is 3.58. The summed E-state index contributed by atoms with van der Waals surface area (Å²) in [6.45, 7) is 6.83. The minimum absolute atomic E-state index is 0.265. The van der Waals surface area contributed by atoms with E-state index in [4.69, 9.17) is 4.74 Å². The molecule has 1 rings (SSSR count). The third-order valence-electron chi connectivity index (χ3n) is 1.93. The van der Waals surface area contributed by atoms with Crippen LogP contribution in [0.3, 0.4) is 0 Å². The number of rotatable bonds is 6. The summed E-state index contributed by atoms with van der Waals surface area (Å²) >= 11 is 0. The minimum Gasteiger partial charge on any atom is -0.465 e. The Labute approximate surface area is 89.2 Å². The summed E-state index contributed by atoms with van der Waals surface area (Å²) in [6.07, 6.45) is 5.49. The maximum atomic E-state index is 11.0. The second kappa shape index (κ2) is 6.01. The van der Waals surface area contributed by atoms with Gasteiger partial charge in [0.05, 0.1) is 6.61 Å². The SMILES string of the molecule is C=CCCCn1ccc(=O)nc1OCC. The molecule has 0 bridgehead atoms. The summed E-state index contributed by atoms with van der Waals surface area (Å²) in [7, 11) is 0. The number of aromatic nitrogens is 2. The molecule has 15 heavy (non-hydrogen) atoms. The quantitative estimate of drug-likeness (QED) is 0.527. The van der Waals surface area contributed by atoms with E-state index in [-0.39, 0.29) is 5.56 Å². The number of nitrogens with zero attached hydrogens (tertiary/aromatic N) is 2. The van der Waals surface area contributed by atoms with Crippen LogP contribution in [0.2, 0.25) is 0 Å². The number of unbranched alkanes of at least 4 members (excludes halogenated alkanes) is 1. The monoisotopic (exact) mass is 208 g/mol. The third-order valence-corrected chi connectivity index (χ3v) is 1.93. The Balaban J connectivity index is 2.75. The first-order valence-electron chi connectivity index (χ1n) is 5.09. The maximum Gasteiger partial charge on any atom is 0.299 e. The van der Waals surface area contributed by atoms with E-state index in [2.05, 4.69) is 11.6 Å². The van der Waals surface area contributed by atoms with Crippen molar-refractivity contribution in [3.8, 4) is 6.01 Å². The summed E-state index contributed by atoms with van der Waals surface area (Å²) < 4.78 is 7.12. The summed E-state index contributed by atoms with van der Waals surface area (Å²) in [4.78, 5) is 14.8. The highest BCUT2D eigenvalue weighted by atomic mass is 16.5. The summed E-state index contributed by atoms with van der Waals surface area (Å²) in [5.41, 5.74) is -0.265. The fraction of sp³-hybridized carbons (Fsp3) is 0.455. The molecule has 0 radical (unpaired) electrons. The van der Waals surface area contributed by atoms with E-state index >= 15 is 0 Å². The van der Waals surface area contributed by atoms with Crippen LogP contribution in [0.15, 0.2) is 29.7 Å². The molecule has 4 nitrogen and oxygen atoms in total. The van der Waals surface area contributed by atoms with Gasteiger partial charge >= 0.3 is 0 Å². The lowest BCUT2D eigenvalue weighted by molar-refractivity contribution is 0.288. The molecule has 0 saturated carbocycles. The van der Waals surface area contributed by atoms with Crippen LogP contribution in [0.25, 0.3) is 0 Å². The highest BCUT2D eigenvalue weighted by molar-refractivity contribution is 4.98. The second-order valence-electron chi connectivity index (χ2n) is 3.11. The van der Waals surface area contributed by atoms with Crippen molar-refractivity contribution < 1.29 is 4.74 Å². The molecule has 0 aliphatic rings. The van der Waals surface area contributed by atoms with Crippen LogP contribution in [-0.4, -0.2) is 16.2 Å². The molecular weight excluding hydrogens is 192 g/mol. The molecule has 0 fully saturated rings. The molecule has 0 N–H and O–H groups in total. The van der Waals surface area contributed by atoms with Gasteiger partial charge in [-0.15, -0.1) is 6.58 Å². The van der Waals surface area contributed by atoms with Crippen molar-refractivity contribution in [2.75, 3.05) is 6.61 Å². The van der Waals surface area contributed by atoms with Gasteiger partial charge in [-0.3, -0.25) is 4.79 Å². The van der Waals surface area contributed by atoms with Crippen molar-refractivity contribution in [3.63, 3.8) is 0 Å². The lowest BCUT2D eigenvalue weighted by atomic mass is 10.3. The Morgan fingerprint density at radius 2 is 2.47 bits per heavy atom. The van der Waals surface area contributed by atoms with Crippen molar-refractivity contribution in [3.05, 3.63) is 35.3 Å². The molecule has 0 saturated heterocycles. The van der Waals surface area contributed by atoms with Gasteiger partial charge in [0.1, 0.15) is 0 Å². The topological polar surface area (TPSA) is 44.1 Å². The molecule has 0 atom stereocenters. The molecule has 0 aromatic carbocycles. The zero-order valence-corrected chi connectivity index (χ0v) is 8.98. The Bertz CT molecular complexity index is 371. The van der Waals surface area contributed by atoms with Crippen molar-refractivity contribution in [2.45, 2.75) is 26.3 Å². The van der Waals surface area contributed by atoms with Crippen LogP contribution in [-0.2, 0) is 6.54 Å². The van der Waals surface area contributed by atoms with Gasteiger partial charge < -0.3 is 9.30 Å². The molecule has 4 heteroatoms. The Hall–Kier alpha value is -1.58. The Kier molecular flexibility index (Phi) is 4.60. The normalized spacial score (nSPS) is 9.93. The van der Waals surface area contributed by atoms with Crippen LogP contribution in [0, 0.1) is 0 Å². The van der Waals surface area contributed by atoms with E-state index in [1.165, 1.54) is 6.07 Å². The van der Waals surface area contributed by atoms with Gasteiger partial charge in [0.25, 0.3) is 11.6 Å². The standard InChI is InChI=1S/C11H16N2O2/c1-3-5-6-8-13-9-7-10(14)12-11(13)15-4-2/h3,7,9H,1,4-6,8H2,2H3. The summed E-state index contributed by atoms with van der Waals surface area (Å²) in [5, 5.41) is 0. The summed E-state index contributed by atoms with van der Waals surface area (Å²) in [6, 6.07) is 1.84. The van der Waals surface area contributed by atoms with E-state index in [0.717, 1.165) is 19.4 Å². The molecule has 0 amide bonds. The first-order chi connectivity index (χ1) is 7.27. The first kappa shape index (κ1) is 11.5. The summed E-state index contributed by atoms with van der Waals surface area (Å²) in [5.74, 6) is 0. The molecule has 0 aliphatic heterocycles. The van der Waals surface area contributed by atoms with Gasteiger partial charge in [-0.25, -0.2) is 0 Å². The number of hydrogen-bond acceptors (Lipinski definition) is 3. The van der Waals surface area contributed by atoms with E-state index in [9.17, 15) is 4.79 Å². The molecule has 1 heterocycles. The highest BCUT2D eigenvalue weighted by Crippen LogP contribution is 2.06. The Morgan fingerprint density at radius 1 is 1.67 bits per heavy atom. The minimum atomic E-state index is -0.265. The molecule has 0 unspecified atom stereocenters. The Morgan fingerprint density at radius 3 is 3.13 bits per heavy atom. The average molecular weight is 208 g/mol. The second-order valence-corrected chi connectivity index (χ2v) is 3.11. The number of ether oxygens (including phenoxy) is 1. The van der Waals surface area contributed by atoms with Gasteiger partial charge in [0.15, 0.2) is 0 Å². The van der Waals surface area contributed by atoms with Gasteiger partial charge in [0, 0.05) is 18.8 Å². The molecule has 82 valence electrons. The van der Waals surface area contributed by atoms with E-state index in [1.54, 1.807) is 6.20 Å². The maximum absolute atomic E-state index is 11.0. The highest BCUT2D eigenvalue weighted by Gasteiger charge is 2.02. The lowest BCUT2D eigenvalue weighted by Gasteiger charge is -2.10. The van der Waals surface area contributed by atoms with Crippen molar-refractivity contribution >= 4 is 0 Å².